The Morgan fingerprint density at radius 3 is 2.85 bits per heavy atom. The number of fused-ring (bicyclic) bond motifs is 2. The summed E-state index contributed by atoms with van der Waals surface area (Å²) in [4.78, 5) is 29.0. The van der Waals surface area contributed by atoms with Gasteiger partial charge in [-0.25, -0.2) is 4.98 Å². The van der Waals surface area contributed by atoms with E-state index in [1.807, 2.05) is 0 Å². The molecule has 1 aliphatic rings. The van der Waals surface area contributed by atoms with Crippen molar-refractivity contribution in [3.8, 4) is 11.5 Å². The minimum absolute atomic E-state index is 0.0681. The van der Waals surface area contributed by atoms with Crippen LogP contribution in [0.3, 0.4) is 0 Å². The lowest BCUT2D eigenvalue weighted by atomic mass is 10.2. The molecular formula is C19H17N3O4. The number of anilines is 1. The van der Waals surface area contributed by atoms with E-state index in [1.54, 1.807) is 34.9 Å². The van der Waals surface area contributed by atoms with Crippen LogP contribution in [0.2, 0.25) is 0 Å². The number of rotatable bonds is 4. The quantitative estimate of drug-likeness (QED) is 0.702. The normalized spacial score (nSPS) is 12.8. The second-order valence-electron chi connectivity index (χ2n) is 6.15. The molecule has 0 saturated carbocycles. The van der Waals surface area contributed by atoms with Gasteiger partial charge in [-0.1, -0.05) is 0 Å². The van der Waals surface area contributed by atoms with Gasteiger partial charge in [0.25, 0.3) is 11.5 Å². The first kappa shape index (κ1) is 16.1. The standard InChI is InChI=1S/C19H17N3O4/c23-13-5-3-12(4-6-13)20-18(24)11-26-14-7-8-16-15(10-14)19(25)22-9-1-2-17(22)21-16/h3-8,10,23H,1-2,9,11H2,(H,20,24). The molecule has 132 valence electrons. The summed E-state index contributed by atoms with van der Waals surface area (Å²) in [6.07, 6.45) is 1.75. The van der Waals surface area contributed by atoms with Gasteiger partial charge in [0, 0.05) is 18.7 Å². The van der Waals surface area contributed by atoms with Gasteiger partial charge < -0.3 is 15.2 Å². The number of nitrogens with one attached hydrogen (secondary N) is 1. The van der Waals surface area contributed by atoms with E-state index in [2.05, 4.69) is 10.3 Å². The number of nitrogens with zero attached hydrogens (tertiary/aromatic N) is 2. The Bertz CT molecular complexity index is 1040. The predicted octanol–water partition coefficient (Wildman–Crippen LogP) is 2.07. The molecule has 0 fully saturated rings. The van der Waals surface area contributed by atoms with Crippen LogP contribution in [0.4, 0.5) is 5.69 Å². The van der Waals surface area contributed by atoms with Gasteiger partial charge in [-0.3, -0.25) is 14.2 Å². The highest BCUT2D eigenvalue weighted by atomic mass is 16.5. The van der Waals surface area contributed by atoms with Crippen LogP contribution in [0.1, 0.15) is 12.2 Å². The van der Waals surface area contributed by atoms with Gasteiger partial charge in [-0.05, 0) is 48.9 Å². The van der Waals surface area contributed by atoms with Crippen molar-refractivity contribution < 1.29 is 14.6 Å². The lowest BCUT2D eigenvalue weighted by Gasteiger charge is -2.09. The summed E-state index contributed by atoms with van der Waals surface area (Å²) in [5.74, 6) is 1.06. The monoisotopic (exact) mass is 351 g/mol. The Morgan fingerprint density at radius 2 is 2.04 bits per heavy atom. The van der Waals surface area contributed by atoms with E-state index < -0.39 is 0 Å². The first-order valence-electron chi connectivity index (χ1n) is 8.35. The van der Waals surface area contributed by atoms with Crippen molar-refractivity contribution in [1.29, 1.82) is 0 Å². The minimum Gasteiger partial charge on any atom is -0.508 e. The Kier molecular flexibility index (Phi) is 4.04. The van der Waals surface area contributed by atoms with Gasteiger partial charge in [0.05, 0.1) is 10.9 Å². The van der Waals surface area contributed by atoms with Gasteiger partial charge in [-0.15, -0.1) is 0 Å². The van der Waals surface area contributed by atoms with E-state index in [1.165, 1.54) is 12.1 Å². The van der Waals surface area contributed by atoms with Gasteiger partial charge >= 0.3 is 0 Å². The predicted molar refractivity (Wildman–Crippen MR) is 96.6 cm³/mol. The van der Waals surface area contributed by atoms with Crippen molar-refractivity contribution in [1.82, 2.24) is 9.55 Å². The molecule has 7 heteroatoms. The zero-order valence-electron chi connectivity index (χ0n) is 13.9. The molecule has 0 aliphatic carbocycles. The maximum Gasteiger partial charge on any atom is 0.262 e. The summed E-state index contributed by atoms with van der Waals surface area (Å²) in [5, 5.41) is 12.4. The molecule has 0 atom stereocenters. The summed E-state index contributed by atoms with van der Waals surface area (Å²) >= 11 is 0. The van der Waals surface area contributed by atoms with Crippen molar-refractivity contribution in [2.24, 2.45) is 0 Å². The fraction of sp³-hybridized carbons (Fsp3) is 0.211. The maximum atomic E-state index is 12.5. The molecule has 3 aromatic rings. The van der Waals surface area contributed by atoms with Crippen molar-refractivity contribution in [2.75, 3.05) is 11.9 Å². The van der Waals surface area contributed by atoms with Crippen molar-refractivity contribution in [2.45, 2.75) is 19.4 Å². The van der Waals surface area contributed by atoms with E-state index in [0.29, 0.717) is 28.9 Å². The Morgan fingerprint density at radius 1 is 1.23 bits per heavy atom. The molecule has 1 aliphatic heterocycles. The van der Waals surface area contributed by atoms with E-state index in [4.69, 9.17) is 4.74 Å². The average molecular weight is 351 g/mol. The number of aromatic hydroxyl groups is 1. The molecule has 0 spiro atoms. The van der Waals surface area contributed by atoms with Gasteiger partial charge in [0.15, 0.2) is 6.61 Å². The van der Waals surface area contributed by atoms with Crippen LogP contribution in [0.25, 0.3) is 10.9 Å². The van der Waals surface area contributed by atoms with Gasteiger partial charge in [0.1, 0.15) is 17.3 Å². The fourth-order valence-corrected chi connectivity index (χ4v) is 3.04. The number of amides is 1. The number of aromatic nitrogens is 2. The number of aryl methyl sites for hydroxylation is 1. The van der Waals surface area contributed by atoms with Crippen LogP contribution in [0.5, 0.6) is 11.5 Å². The number of hydrogen-bond donors (Lipinski definition) is 2. The molecule has 0 bridgehead atoms. The maximum absolute atomic E-state index is 12.5. The van der Waals surface area contributed by atoms with E-state index in [0.717, 1.165) is 18.7 Å². The van der Waals surface area contributed by atoms with Gasteiger partial charge in [-0.2, -0.15) is 0 Å². The number of phenolic OH excluding ortho intramolecular Hbond substituents is 1. The third-order valence-corrected chi connectivity index (χ3v) is 4.31. The SMILES string of the molecule is O=C(COc1ccc2nc3n(c(=O)c2c1)CCC3)Nc1ccc(O)cc1. The topological polar surface area (TPSA) is 93.5 Å². The molecule has 7 nitrogen and oxygen atoms in total. The second kappa shape index (κ2) is 6.51. The summed E-state index contributed by atoms with van der Waals surface area (Å²) in [7, 11) is 0. The van der Waals surface area contributed by atoms with E-state index in [-0.39, 0.29) is 23.8 Å². The van der Waals surface area contributed by atoms with E-state index in [9.17, 15) is 14.7 Å². The lowest BCUT2D eigenvalue weighted by Crippen LogP contribution is -2.21. The molecule has 1 aromatic heterocycles. The number of benzene rings is 2. The lowest BCUT2D eigenvalue weighted by molar-refractivity contribution is -0.118. The molecular weight excluding hydrogens is 334 g/mol. The molecule has 2 N–H and O–H groups in total. The summed E-state index contributed by atoms with van der Waals surface area (Å²) in [6.45, 7) is 0.503. The molecule has 0 unspecified atom stereocenters. The fourth-order valence-electron chi connectivity index (χ4n) is 3.04. The smallest absolute Gasteiger partial charge is 0.262 e. The van der Waals surface area contributed by atoms with Crippen LogP contribution < -0.4 is 15.6 Å². The van der Waals surface area contributed by atoms with Crippen LogP contribution in [-0.4, -0.2) is 27.2 Å². The Balaban J connectivity index is 1.48. The third kappa shape index (κ3) is 3.11. The number of hydrogen-bond acceptors (Lipinski definition) is 5. The Hall–Kier alpha value is -3.35. The first-order valence-corrected chi connectivity index (χ1v) is 8.35. The number of ether oxygens (including phenoxy) is 1. The molecule has 2 aromatic carbocycles. The third-order valence-electron chi connectivity index (χ3n) is 4.31. The zero-order chi connectivity index (χ0) is 18.1. The first-order chi connectivity index (χ1) is 12.6. The van der Waals surface area contributed by atoms with Crippen LogP contribution in [0.15, 0.2) is 47.3 Å². The largest absolute Gasteiger partial charge is 0.508 e. The highest BCUT2D eigenvalue weighted by Crippen LogP contribution is 2.20. The molecule has 4 rings (SSSR count). The molecule has 1 amide bonds. The van der Waals surface area contributed by atoms with Crippen LogP contribution in [0, 0.1) is 0 Å². The second-order valence-corrected chi connectivity index (χ2v) is 6.15. The zero-order valence-corrected chi connectivity index (χ0v) is 13.9. The summed E-state index contributed by atoms with van der Waals surface area (Å²) in [6, 6.07) is 11.2. The van der Waals surface area contributed by atoms with Crippen molar-refractivity contribution in [3.63, 3.8) is 0 Å². The average Bonchev–Trinajstić information content (AvgIpc) is 3.11. The van der Waals surface area contributed by atoms with E-state index >= 15 is 0 Å². The van der Waals surface area contributed by atoms with Crippen LogP contribution in [-0.2, 0) is 17.8 Å². The van der Waals surface area contributed by atoms with Gasteiger partial charge in [0.2, 0.25) is 0 Å². The van der Waals surface area contributed by atoms with Crippen molar-refractivity contribution >= 4 is 22.5 Å². The highest BCUT2D eigenvalue weighted by molar-refractivity contribution is 5.92. The molecule has 26 heavy (non-hydrogen) atoms. The van der Waals surface area contributed by atoms with Crippen molar-refractivity contribution in [3.05, 3.63) is 58.6 Å². The minimum atomic E-state index is -0.334. The summed E-state index contributed by atoms with van der Waals surface area (Å²) < 4.78 is 7.21. The number of carbonyl (C=O) groups is 1. The molecule has 0 saturated heterocycles. The summed E-state index contributed by atoms with van der Waals surface area (Å²) in [5.41, 5.74) is 1.14. The Labute approximate surface area is 148 Å². The number of phenols is 1. The van der Waals surface area contributed by atoms with Crippen LogP contribution >= 0.6 is 0 Å². The number of carbonyl (C=O) groups excluding carboxylic acids is 1. The highest BCUT2D eigenvalue weighted by Gasteiger charge is 2.16. The molecule has 0 radical (unpaired) electrons. The molecule has 2 heterocycles.